The van der Waals surface area contributed by atoms with Crippen molar-refractivity contribution in [3.05, 3.63) is 54.1 Å². The Balaban J connectivity index is 1.97. The number of rotatable bonds is 7. The summed E-state index contributed by atoms with van der Waals surface area (Å²) in [6.45, 7) is 0.255. The molecule has 0 saturated carbocycles. The Bertz CT molecular complexity index is 636. The lowest BCUT2D eigenvalue weighted by atomic mass is 10.2. The molecule has 5 nitrogen and oxygen atoms in total. The zero-order chi connectivity index (χ0) is 16.0. The van der Waals surface area contributed by atoms with Gasteiger partial charge < -0.3 is 19.6 Å². The maximum absolute atomic E-state index is 10.9. The van der Waals surface area contributed by atoms with Crippen molar-refractivity contribution in [1.29, 1.82) is 0 Å². The Morgan fingerprint density at radius 2 is 1.50 bits per heavy atom. The number of aliphatic hydroxyl groups is 1. The molecule has 0 aromatic heterocycles. The Labute approximate surface area is 133 Å². The van der Waals surface area contributed by atoms with E-state index in [1.54, 1.807) is 23.9 Å². The van der Waals surface area contributed by atoms with E-state index in [9.17, 15) is 4.57 Å². The third-order valence-electron chi connectivity index (χ3n) is 2.73. The zero-order valence-corrected chi connectivity index (χ0v) is 13.5. The topological polar surface area (TPSA) is 87.0 Å². The predicted molar refractivity (Wildman–Crippen MR) is 85.3 cm³/mol. The van der Waals surface area contributed by atoms with Crippen molar-refractivity contribution >= 4 is 19.4 Å². The van der Waals surface area contributed by atoms with Crippen LogP contribution in [0.1, 0.15) is 5.56 Å². The minimum absolute atomic E-state index is 0.0164. The number of aliphatic hydroxyl groups excluding tert-OH is 1. The van der Waals surface area contributed by atoms with Gasteiger partial charge in [0.25, 0.3) is 0 Å². The molecule has 3 N–H and O–H groups in total. The molecule has 0 amide bonds. The van der Waals surface area contributed by atoms with Gasteiger partial charge in [-0.25, -0.2) is 0 Å². The monoisotopic (exact) mass is 340 g/mol. The third-order valence-corrected chi connectivity index (χ3v) is 4.52. The summed E-state index contributed by atoms with van der Waals surface area (Å²) in [7, 11) is -4.02. The van der Waals surface area contributed by atoms with Crippen LogP contribution in [-0.2, 0) is 10.7 Å². The predicted octanol–water partition coefficient (Wildman–Crippen LogP) is 2.89. The summed E-state index contributed by atoms with van der Waals surface area (Å²) in [5.74, 6) is 0.704. The van der Waals surface area contributed by atoms with Gasteiger partial charge in [-0.15, -0.1) is 0 Å². The van der Waals surface area contributed by atoms with Gasteiger partial charge in [-0.1, -0.05) is 23.9 Å². The number of hydrogen-bond acceptors (Lipinski definition) is 4. The van der Waals surface area contributed by atoms with Crippen LogP contribution in [0.3, 0.4) is 0 Å². The van der Waals surface area contributed by atoms with Crippen LogP contribution in [0, 0.1) is 0 Å². The normalized spacial score (nSPS) is 11.4. The number of ether oxygens (including phenoxy) is 1. The lowest BCUT2D eigenvalue weighted by molar-refractivity contribution is 0.201. The van der Waals surface area contributed by atoms with Gasteiger partial charge in [-0.3, -0.25) is 4.57 Å². The standard InChI is InChI=1S/C15H17O5PS/c16-9-10-20-13-3-7-15(8-4-13)22-14-5-1-12(2-6-14)11-21(17,18)19/h1-8,16H,9-11H2,(H2,17,18,19). The van der Waals surface area contributed by atoms with Gasteiger partial charge in [0.15, 0.2) is 0 Å². The van der Waals surface area contributed by atoms with E-state index in [2.05, 4.69) is 0 Å². The van der Waals surface area contributed by atoms with Crippen molar-refractivity contribution in [2.75, 3.05) is 13.2 Å². The van der Waals surface area contributed by atoms with Gasteiger partial charge in [0.05, 0.1) is 12.8 Å². The molecule has 2 aromatic carbocycles. The maximum atomic E-state index is 10.9. The van der Waals surface area contributed by atoms with Crippen molar-refractivity contribution < 1.29 is 24.2 Å². The zero-order valence-electron chi connectivity index (χ0n) is 11.8. The fourth-order valence-electron chi connectivity index (χ4n) is 1.80. The van der Waals surface area contributed by atoms with Crippen LogP contribution in [0.4, 0.5) is 0 Å². The van der Waals surface area contributed by atoms with E-state index < -0.39 is 7.60 Å². The van der Waals surface area contributed by atoms with E-state index in [0.29, 0.717) is 11.3 Å². The summed E-state index contributed by atoms with van der Waals surface area (Å²) in [5, 5.41) is 8.69. The lowest BCUT2D eigenvalue weighted by Gasteiger charge is -2.07. The summed E-state index contributed by atoms with van der Waals surface area (Å²) in [4.78, 5) is 19.9. The highest BCUT2D eigenvalue weighted by Crippen LogP contribution is 2.39. The lowest BCUT2D eigenvalue weighted by Crippen LogP contribution is -2.01. The molecule has 0 atom stereocenters. The molecule has 0 aliphatic carbocycles. The Kier molecular flexibility index (Phi) is 6.06. The summed E-state index contributed by atoms with van der Waals surface area (Å²) in [6, 6.07) is 14.6. The van der Waals surface area contributed by atoms with E-state index in [1.807, 2.05) is 36.4 Å². The minimum Gasteiger partial charge on any atom is -0.491 e. The molecule has 118 valence electrons. The molecule has 7 heteroatoms. The van der Waals surface area contributed by atoms with Crippen molar-refractivity contribution in [2.24, 2.45) is 0 Å². The van der Waals surface area contributed by atoms with Crippen molar-refractivity contribution in [3.63, 3.8) is 0 Å². The van der Waals surface area contributed by atoms with Gasteiger partial charge in [0, 0.05) is 9.79 Å². The molecule has 0 saturated heterocycles. The highest BCUT2D eigenvalue weighted by molar-refractivity contribution is 7.99. The molecule has 0 heterocycles. The second-order valence-corrected chi connectivity index (χ2v) is 7.40. The first kappa shape index (κ1) is 17.1. The Hall–Kier alpha value is -1.30. The second-order valence-electron chi connectivity index (χ2n) is 4.61. The van der Waals surface area contributed by atoms with Gasteiger partial charge in [0.2, 0.25) is 0 Å². The summed E-state index contributed by atoms with van der Waals surface area (Å²) in [5.41, 5.74) is 0.616. The van der Waals surface area contributed by atoms with Crippen LogP contribution in [0.2, 0.25) is 0 Å². The molecule has 2 rings (SSSR count). The largest absolute Gasteiger partial charge is 0.491 e. The average Bonchev–Trinajstić information content (AvgIpc) is 2.47. The van der Waals surface area contributed by atoms with E-state index in [-0.39, 0.29) is 19.4 Å². The molecule has 0 spiro atoms. The van der Waals surface area contributed by atoms with Crippen molar-refractivity contribution in [3.8, 4) is 5.75 Å². The van der Waals surface area contributed by atoms with Gasteiger partial charge >= 0.3 is 7.60 Å². The van der Waals surface area contributed by atoms with Gasteiger partial charge in [-0.2, -0.15) is 0 Å². The first-order valence-corrected chi connectivity index (χ1v) is 9.23. The molecule has 22 heavy (non-hydrogen) atoms. The summed E-state index contributed by atoms with van der Waals surface area (Å²) < 4.78 is 16.2. The maximum Gasteiger partial charge on any atom is 0.329 e. The van der Waals surface area contributed by atoms with Crippen LogP contribution < -0.4 is 4.74 Å². The quantitative estimate of drug-likeness (QED) is 0.672. The van der Waals surface area contributed by atoms with Crippen molar-refractivity contribution in [2.45, 2.75) is 16.0 Å². The highest BCUT2D eigenvalue weighted by atomic mass is 32.2. The minimum atomic E-state index is -4.02. The average molecular weight is 340 g/mol. The smallest absolute Gasteiger partial charge is 0.329 e. The molecule has 0 radical (unpaired) electrons. The molecule has 0 unspecified atom stereocenters. The van der Waals surface area contributed by atoms with Crippen LogP contribution in [-0.4, -0.2) is 28.1 Å². The van der Waals surface area contributed by atoms with Crippen LogP contribution >= 0.6 is 19.4 Å². The van der Waals surface area contributed by atoms with E-state index >= 15 is 0 Å². The summed E-state index contributed by atoms with van der Waals surface area (Å²) >= 11 is 1.55. The SMILES string of the molecule is O=P(O)(O)Cc1ccc(Sc2ccc(OCCO)cc2)cc1. The molecule has 2 aromatic rings. The Morgan fingerprint density at radius 1 is 0.955 bits per heavy atom. The molecule has 0 aliphatic heterocycles. The summed E-state index contributed by atoms with van der Waals surface area (Å²) in [6.07, 6.45) is -0.241. The van der Waals surface area contributed by atoms with E-state index in [0.717, 1.165) is 9.79 Å². The molecule has 0 fully saturated rings. The van der Waals surface area contributed by atoms with Crippen LogP contribution in [0.25, 0.3) is 0 Å². The van der Waals surface area contributed by atoms with E-state index in [4.69, 9.17) is 19.6 Å². The number of benzene rings is 2. The van der Waals surface area contributed by atoms with Crippen LogP contribution in [0.15, 0.2) is 58.3 Å². The molecule has 0 bridgehead atoms. The number of hydrogen-bond donors (Lipinski definition) is 3. The highest BCUT2D eigenvalue weighted by Gasteiger charge is 2.13. The van der Waals surface area contributed by atoms with Gasteiger partial charge in [0.1, 0.15) is 12.4 Å². The van der Waals surface area contributed by atoms with Crippen LogP contribution in [0.5, 0.6) is 5.75 Å². The van der Waals surface area contributed by atoms with Crippen molar-refractivity contribution in [1.82, 2.24) is 0 Å². The fraction of sp³-hybridized carbons (Fsp3) is 0.200. The first-order valence-electron chi connectivity index (χ1n) is 6.61. The molecular formula is C15H17O5PS. The molecular weight excluding hydrogens is 323 g/mol. The van der Waals surface area contributed by atoms with Gasteiger partial charge in [-0.05, 0) is 42.0 Å². The second kappa shape index (κ2) is 7.81. The molecule has 0 aliphatic rings. The Morgan fingerprint density at radius 3 is 2.00 bits per heavy atom. The van der Waals surface area contributed by atoms with E-state index in [1.165, 1.54) is 0 Å². The third kappa shape index (κ3) is 5.83. The first-order chi connectivity index (χ1) is 10.5. The fourth-order valence-corrected chi connectivity index (χ4v) is 3.31.